The monoisotopic (exact) mass is 245 g/mol. The zero-order valence-corrected chi connectivity index (χ0v) is 11.8. The predicted octanol–water partition coefficient (Wildman–Crippen LogP) is 2.13. The Balaban J connectivity index is 0.00000121. The molecule has 0 spiro atoms. The summed E-state index contributed by atoms with van der Waals surface area (Å²) in [7, 11) is 4.72. The van der Waals surface area contributed by atoms with Gasteiger partial charge in [0.2, 0.25) is 0 Å². The zero-order valence-electron chi connectivity index (χ0n) is 9.01. The van der Waals surface area contributed by atoms with Gasteiger partial charge in [-0.05, 0) is 12.8 Å². The first-order valence-electron chi connectivity index (χ1n) is 4.91. The summed E-state index contributed by atoms with van der Waals surface area (Å²) in [5.41, 5.74) is 0. The maximum absolute atomic E-state index is 2.36. The van der Waals surface area contributed by atoms with Crippen LogP contribution in [-0.2, 0) is 32.7 Å². The van der Waals surface area contributed by atoms with Crippen LogP contribution in [0.3, 0.4) is 0 Å². The summed E-state index contributed by atoms with van der Waals surface area (Å²) in [6.45, 7) is 7.46. The SMILES string of the molecule is CCC1C[N+](C)(C)CC1CC.[Y]. The van der Waals surface area contributed by atoms with Crippen molar-refractivity contribution in [1.82, 2.24) is 0 Å². The molecule has 0 aromatic heterocycles. The number of quaternary nitrogens is 1. The van der Waals surface area contributed by atoms with Crippen molar-refractivity contribution in [2.24, 2.45) is 11.8 Å². The average Bonchev–Trinajstić information content (AvgIpc) is 2.25. The number of nitrogens with zero attached hydrogens (tertiary/aromatic N) is 1. The minimum absolute atomic E-state index is 0. The predicted molar refractivity (Wildman–Crippen MR) is 49.4 cm³/mol. The van der Waals surface area contributed by atoms with Gasteiger partial charge in [-0.3, -0.25) is 0 Å². The largest absolute Gasteiger partial charge is 0.328 e. The molecule has 0 aromatic carbocycles. The maximum atomic E-state index is 2.36. The van der Waals surface area contributed by atoms with Gasteiger partial charge >= 0.3 is 0 Å². The molecule has 0 N–H and O–H groups in total. The van der Waals surface area contributed by atoms with Crippen LogP contribution in [-0.4, -0.2) is 31.7 Å². The van der Waals surface area contributed by atoms with Crippen molar-refractivity contribution in [2.75, 3.05) is 27.2 Å². The topological polar surface area (TPSA) is 0 Å². The number of likely N-dealkylation sites (tertiary alicyclic amines) is 1. The molecule has 0 aliphatic carbocycles. The minimum atomic E-state index is 0. The van der Waals surface area contributed by atoms with Crippen LogP contribution in [0.25, 0.3) is 0 Å². The average molecular weight is 245 g/mol. The van der Waals surface area contributed by atoms with E-state index in [0.29, 0.717) is 0 Å². The van der Waals surface area contributed by atoms with Gasteiger partial charge in [-0.2, -0.15) is 0 Å². The number of hydrogen-bond acceptors (Lipinski definition) is 0. The van der Waals surface area contributed by atoms with Crippen LogP contribution < -0.4 is 0 Å². The summed E-state index contributed by atoms with van der Waals surface area (Å²) < 4.78 is 1.25. The molecule has 0 aromatic rings. The molecule has 1 rings (SSSR count). The summed E-state index contributed by atoms with van der Waals surface area (Å²) >= 11 is 0. The molecule has 1 saturated heterocycles. The first-order valence-corrected chi connectivity index (χ1v) is 4.91. The second-order valence-electron chi connectivity index (χ2n) is 4.64. The molecule has 0 saturated carbocycles. The molecule has 0 amide bonds. The Kier molecular flexibility index (Phi) is 5.52. The summed E-state index contributed by atoms with van der Waals surface area (Å²) in [5.74, 6) is 1.99. The summed E-state index contributed by atoms with van der Waals surface area (Å²) in [6, 6.07) is 0. The first kappa shape index (κ1) is 13.1. The van der Waals surface area contributed by atoms with Gasteiger partial charge in [-0.1, -0.05) is 13.8 Å². The van der Waals surface area contributed by atoms with Crippen LogP contribution in [0.4, 0.5) is 0 Å². The van der Waals surface area contributed by atoms with Crippen molar-refractivity contribution in [2.45, 2.75) is 26.7 Å². The molecule has 1 heterocycles. The third kappa shape index (κ3) is 3.08. The Morgan fingerprint density at radius 1 is 1.00 bits per heavy atom. The Morgan fingerprint density at radius 3 is 1.58 bits per heavy atom. The molecule has 2 heteroatoms. The van der Waals surface area contributed by atoms with Crippen LogP contribution in [0.1, 0.15) is 26.7 Å². The zero-order chi connectivity index (χ0) is 8.48. The fraction of sp³-hybridized carbons (Fsp3) is 1.00. The molecule has 1 nitrogen and oxygen atoms in total. The van der Waals surface area contributed by atoms with E-state index >= 15 is 0 Å². The number of rotatable bonds is 2. The molecule has 1 aliphatic rings. The Labute approximate surface area is 102 Å². The van der Waals surface area contributed by atoms with E-state index in [0.717, 1.165) is 11.8 Å². The van der Waals surface area contributed by atoms with Crippen molar-refractivity contribution in [1.29, 1.82) is 0 Å². The van der Waals surface area contributed by atoms with E-state index in [-0.39, 0.29) is 32.7 Å². The van der Waals surface area contributed by atoms with E-state index < -0.39 is 0 Å². The van der Waals surface area contributed by atoms with Crippen LogP contribution in [0.15, 0.2) is 0 Å². The van der Waals surface area contributed by atoms with Crippen molar-refractivity contribution in [3.8, 4) is 0 Å². The summed E-state index contributed by atoms with van der Waals surface area (Å²) in [4.78, 5) is 0. The van der Waals surface area contributed by atoms with Crippen molar-refractivity contribution < 1.29 is 37.2 Å². The van der Waals surface area contributed by atoms with Gasteiger partial charge in [-0.25, -0.2) is 0 Å². The van der Waals surface area contributed by atoms with E-state index in [9.17, 15) is 0 Å². The van der Waals surface area contributed by atoms with Gasteiger partial charge in [0, 0.05) is 44.5 Å². The van der Waals surface area contributed by atoms with Crippen LogP contribution >= 0.6 is 0 Å². The molecule has 2 atom stereocenters. The van der Waals surface area contributed by atoms with Crippen molar-refractivity contribution in [3.05, 3.63) is 0 Å². The van der Waals surface area contributed by atoms with Crippen LogP contribution in [0.2, 0.25) is 0 Å². The quantitative estimate of drug-likeness (QED) is 0.654. The second-order valence-corrected chi connectivity index (χ2v) is 4.64. The fourth-order valence-electron chi connectivity index (χ4n) is 2.57. The van der Waals surface area contributed by atoms with Gasteiger partial charge in [0.1, 0.15) is 0 Å². The van der Waals surface area contributed by atoms with E-state index in [1.165, 1.54) is 30.4 Å². The van der Waals surface area contributed by atoms with Gasteiger partial charge in [0.25, 0.3) is 0 Å². The fourth-order valence-corrected chi connectivity index (χ4v) is 2.57. The van der Waals surface area contributed by atoms with E-state index in [1.54, 1.807) is 0 Å². The summed E-state index contributed by atoms with van der Waals surface area (Å²) in [6.07, 6.45) is 2.75. The molecule has 69 valence electrons. The molecular weight excluding hydrogens is 223 g/mol. The molecule has 0 bridgehead atoms. The van der Waals surface area contributed by atoms with E-state index in [1.807, 2.05) is 0 Å². The molecule has 1 fully saturated rings. The molecular formula is C10H22NY+. The van der Waals surface area contributed by atoms with Gasteiger partial charge in [-0.15, -0.1) is 0 Å². The molecule has 1 aliphatic heterocycles. The molecule has 1 radical (unpaired) electrons. The van der Waals surface area contributed by atoms with Crippen molar-refractivity contribution in [3.63, 3.8) is 0 Å². The van der Waals surface area contributed by atoms with E-state index in [4.69, 9.17) is 0 Å². The Morgan fingerprint density at radius 2 is 1.33 bits per heavy atom. The number of hydrogen-bond donors (Lipinski definition) is 0. The normalized spacial score (nSPS) is 33.0. The van der Waals surface area contributed by atoms with Crippen LogP contribution in [0, 0.1) is 11.8 Å². The second kappa shape index (κ2) is 5.07. The minimum Gasteiger partial charge on any atom is -0.328 e. The maximum Gasteiger partial charge on any atom is 0.0815 e. The third-order valence-electron chi connectivity index (χ3n) is 3.17. The molecule has 2 unspecified atom stereocenters. The summed E-state index contributed by atoms with van der Waals surface area (Å²) in [5, 5.41) is 0. The standard InChI is InChI=1S/C10H22N.Y/c1-5-9-7-11(3,4)8-10(9)6-2;/h9-10H,5-8H2,1-4H3;/q+1;. The van der Waals surface area contributed by atoms with Gasteiger partial charge in [0.05, 0.1) is 27.2 Å². The Bertz CT molecular complexity index is 120. The van der Waals surface area contributed by atoms with Crippen molar-refractivity contribution >= 4 is 0 Å². The van der Waals surface area contributed by atoms with Crippen LogP contribution in [0.5, 0.6) is 0 Å². The van der Waals surface area contributed by atoms with Gasteiger partial charge in [0.15, 0.2) is 0 Å². The molecule has 12 heavy (non-hydrogen) atoms. The first-order chi connectivity index (χ1) is 5.09. The van der Waals surface area contributed by atoms with E-state index in [2.05, 4.69) is 27.9 Å². The Hall–Kier alpha value is 1.06. The van der Waals surface area contributed by atoms with Gasteiger partial charge < -0.3 is 4.48 Å². The third-order valence-corrected chi connectivity index (χ3v) is 3.17. The smallest absolute Gasteiger partial charge is 0.0815 e.